The van der Waals surface area contributed by atoms with Gasteiger partial charge in [0.2, 0.25) is 0 Å². The summed E-state index contributed by atoms with van der Waals surface area (Å²) in [6.45, 7) is 2.55. The first-order valence-corrected chi connectivity index (χ1v) is 38.2. The molecular weight excluding hydrogens is 1780 g/mol. The van der Waals surface area contributed by atoms with Crippen molar-refractivity contribution in [2.45, 2.75) is 26.2 Å². The van der Waals surface area contributed by atoms with Crippen molar-refractivity contribution >= 4 is 12.0 Å². The maximum Gasteiger partial charge on any atom is 0.330 e. The quantitative estimate of drug-likeness (QED) is 0.187. The molecule has 1 aromatic carbocycles. The van der Waals surface area contributed by atoms with Crippen LogP contribution in [0.1, 0.15) is 31.7 Å². The molecule has 0 atom stereocenters. The van der Waals surface area contributed by atoms with Gasteiger partial charge >= 0.3 is 5.97 Å². The number of rotatable bonds is 6. The van der Waals surface area contributed by atoms with E-state index in [1.807, 2.05) is 0 Å². The molecule has 0 aromatic heterocycles. The van der Waals surface area contributed by atoms with Crippen LogP contribution < -0.4 is 0 Å². The molecule has 0 aliphatic rings. The summed E-state index contributed by atoms with van der Waals surface area (Å²) in [7, 11) is 0. The Labute approximate surface area is 864 Å². The molecule has 0 aliphatic heterocycles. The molecule has 0 heterocycles. The highest BCUT2D eigenvalue weighted by molar-refractivity contribution is 5.87. The van der Waals surface area contributed by atoms with Gasteiger partial charge in [0, 0.05) is 669 Å². The molecule has 0 amide bonds. The Kier molecular flexibility index (Phi) is 87.3. The largest absolute Gasteiger partial charge is 0.463 e. The third kappa shape index (κ3) is 108. The second kappa shape index (κ2) is 110. The van der Waals surface area contributed by atoms with Crippen LogP contribution in [0.3, 0.4) is 0 Å². The Morgan fingerprint density at radius 2 is 0.286 bits per heavy atom. The van der Waals surface area contributed by atoms with E-state index in [1.165, 1.54) is 18.2 Å². The molecule has 0 spiro atoms. The number of benzene rings is 1. The van der Waals surface area contributed by atoms with Crippen molar-refractivity contribution in [1.82, 2.24) is 0 Å². The van der Waals surface area contributed by atoms with Gasteiger partial charge < -0.3 is 4.74 Å². The van der Waals surface area contributed by atoms with Crippen LogP contribution in [-0.2, 0) is 9.53 Å². The van der Waals surface area contributed by atoms with Gasteiger partial charge in [-0.2, -0.15) is 0 Å². The molecule has 147 heavy (non-hydrogen) atoms. The number of halogens is 1. The number of carbonyl (C=O) groups is 1. The summed E-state index contributed by atoms with van der Waals surface area (Å²) in [5, 5.41) is 0. The fourth-order valence-electron chi connectivity index (χ4n) is 5.26. The lowest BCUT2D eigenvalue weighted by atomic mass is 10.2. The van der Waals surface area contributed by atoms with Crippen molar-refractivity contribution in [3.05, 3.63) is 41.7 Å². The van der Waals surface area contributed by atoms with E-state index in [2.05, 4.69) is 765 Å². The van der Waals surface area contributed by atoms with Crippen LogP contribution in [0.5, 0.6) is 0 Å². The van der Waals surface area contributed by atoms with E-state index in [-0.39, 0.29) is 11.8 Å². The van der Waals surface area contributed by atoms with Gasteiger partial charge in [0.15, 0.2) is 0 Å². The minimum Gasteiger partial charge on any atom is -0.463 e. The van der Waals surface area contributed by atoms with Crippen LogP contribution in [0.4, 0.5) is 4.39 Å². The Morgan fingerprint density at radius 3 is 0.381 bits per heavy atom. The molecule has 0 fully saturated rings. The third-order valence-electron chi connectivity index (χ3n) is 10.2. The summed E-state index contributed by atoms with van der Waals surface area (Å²) >= 11 is 0. The highest BCUT2D eigenvalue weighted by Gasteiger charge is 1.97. The summed E-state index contributed by atoms with van der Waals surface area (Å²) in [5.41, 5.74) is 0.775. The summed E-state index contributed by atoms with van der Waals surface area (Å²) in [6, 6.07) is 5.92. The molecule has 614 valence electrons. The lowest BCUT2D eigenvalue weighted by Gasteiger charge is -2.00. The van der Waals surface area contributed by atoms with Crippen LogP contribution in [0.2, 0.25) is 0 Å². The molecule has 0 unspecified atom stereocenters. The van der Waals surface area contributed by atoms with Gasteiger partial charge in [-0.05, 0) is 125 Å². The molecular formula is C144H19FO2. The first-order valence-electron chi connectivity index (χ1n) is 38.2. The van der Waals surface area contributed by atoms with E-state index < -0.39 is 0 Å². The lowest BCUT2D eigenvalue weighted by Crippen LogP contribution is -2.01. The minimum atomic E-state index is -0.356. The molecule has 0 saturated heterocycles. The van der Waals surface area contributed by atoms with Gasteiger partial charge in [0.1, 0.15) is 5.82 Å². The smallest absolute Gasteiger partial charge is 0.330 e. The second-order valence-electron chi connectivity index (χ2n) is 19.8. The van der Waals surface area contributed by atoms with Gasteiger partial charge in [-0.15, -0.1) is 12.8 Å². The predicted octanol–water partition coefficient (Wildman–Crippen LogP) is 4.04. The van der Waals surface area contributed by atoms with E-state index in [9.17, 15) is 9.18 Å². The summed E-state index contributed by atoms with van der Waals surface area (Å²) < 4.78 is 17.6. The zero-order valence-electron chi connectivity index (χ0n) is 75.1. The molecule has 0 aliphatic carbocycles. The SMILES string of the molecule is C#CC#CC#CC#CC#CC#CC#CC#CC#CC#CC#CC#CC#CC#CC#CC#CC#CC#CC#CC#CC#CC#CC#CC#CC#CC#CC#CC#CC#CC#CC#CC#CC#CC#CC#CC#CC#CC#CC#CC#CC#CC#CC#CC#CC#CC#CC#CC#CC#CC#CC#CC#CC#CC#CC#CC#CC#CC#CC#CC#CC#CC#CC#CC#CC#C.CCCCCOC(=O)/C=C/c1ccc(F)cc1. The molecule has 1 rings (SSSR count). The van der Waals surface area contributed by atoms with E-state index in [0.29, 0.717) is 6.61 Å². The Bertz CT molecular complexity index is 9440. The van der Waals surface area contributed by atoms with E-state index in [1.54, 1.807) is 18.2 Å². The Morgan fingerprint density at radius 1 is 0.184 bits per heavy atom. The minimum absolute atomic E-state index is 0.288. The summed E-state index contributed by atoms with van der Waals surface area (Å²) in [5.74, 6) is 317. The maximum absolute atomic E-state index is 12.6. The third-order valence-corrected chi connectivity index (χ3v) is 10.2. The van der Waals surface area contributed by atoms with Crippen molar-refractivity contribution in [3.63, 3.8) is 0 Å². The van der Waals surface area contributed by atoms with Gasteiger partial charge in [-0.1, -0.05) is 31.9 Å². The molecule has 0 saturated carbocycles. The summed E-state index contributed by atoms with van der Waals surface area (Å²) in [6.07, 6.45) is 15.9. The van der Waals surface area contributed by atoms with Crippen molar-refractivity contribution in [2.24, 2.45) is 0 Å². The van der Waals surface area contributed by atoms with Crippen molar-refractivity contribution in [2.75, 3.05) is 6.61 Å². The predicted molar refractivity (Wildman–Crippen MR) is 573 cm³/mol. The first kappa shape index (κ1) is 117. The number of unbranched alkanes of at least 4 members (excludes halogenated alkanes) is 2. The Hall–Kier alpha value is -30.2. The van der Waals surface area contributed by atoms with Gasteiger partial charge in [0.25, 0.3) is 0 Å². The molecule has 0 radical (unpaired) electrons. The monoisotopic (exact) mass is 1800 g/mol. The highest BCUT2D eigenvalue weighted by Crippen LogP contribution is 2.05. The van der Waals surface area contributed by atoms with Crippen LogP contribution in [0.15, 0.2) is 30.3 Å². The second-order valence-corrected chi connectivity index (χ2v) is 19.8. The zero-order valence-corrected chi connectivity index (χ0v) is 75.1. The summed E-state index contributed by atoms with van der Waals surface area (Å²) in [4.78, 5) is 11.3. The standard InChI is InChI=1S/C130H2.C14H17FO2/c1-3-5-7-9-11-13-15-17-19-21-23-25-27-29-31-33-35-37-39-41-43-45-47-49-51-53-55-57-59-61-63-65-67-69-71-73-75-77-79-81-83-85-87-89-91-93-95-97-99-101-103-105-107-109-111-113-115-117-119-121-123-125-127-129-130-128-126-124-122-120-118-116-114-112-110-108-106-104-102-100-98-96-94-92-90-88-86-84-82-80-78-76-74-72-70-68-66-64-62-60-58-56-54-52-50-48-46-44-42-40-38-36-34-32-30-28-26-24-22-20-18-16-14-12-10-8-6-4-2;1-2-3-4-11-17-14(16)10-7-12-5-8-13(15)9-6-12/h1-2H;5-10H,2-4,11H2,1H3/b;10-7+. The fraction of sp³-hybridized carbons (Fsp3) is 0.0347. The van der Waals surface area contributed by atoms with Gasteiger partial charge in [-0.3, -0.25) is 0 Å². The van der Waals surface area contributed by atoms with Crippen molar-refractivity contribution < 1.29 is 13.9 Å². The van der Waals surface area contributed by atoms with Crippen LogP contribution in [-0.4, -0.2) is 12.6 Å². The van der Waals surface area contributed by atoms with Crippen LogP contribution >= 0.6 is 0 Å². The zero-order chi connectivity index (χ0) is 105. The van der Waals surface area contributed by atoms with Crippen LogP contribution in [0.25, 0.3) is 6.08 Å². The molecule has 0 N–H and O–H groups in total. The highest BCUT2D eigenvalue weighted by atomic mass is 19.1. The maximum atomic E-state index is 12.6. The van der Waals surface area contributed by atoms with Crippen molar-refractivity contribution in [3.8, 4) is 771 Å². The van der Waals surface area contributed by atoms with Crippen molar-refractivity contribution in [1.29, 1.82) is 0 Å². The number of hydrogen-bond donors (Lipinski definition) is 0. The normalized spacial score (nSPS) is 4.73. The number of terminal acetylenes is 2. The van der Waals surface area contributed by atoms with Gasteiger partial charge in [-0.25, -0.2) is 9.18 Å². The van der Waals surface area contributed by atoms with Gasteiger partial charge in [0.05, 0.1) is 6.61 Å². The first-order chi connectivity index (χ1) is 73.1. The van der Waals surface area contributed by atoms with E-state index in [4.69, 9.17) is 17.6 Å². The van der Waals surface area contributed by atoms with E-state index in [0.717, 1.165) is 24.8 Å². The lowest BCUT2D eigenvalue weighted by molar-refractivity contribution is -0.137. The fourth-order valence-corrected chi connectivity index (χ4v) is 5.26. The number of hydrogen-bond acceptors (Lipinski definition) is 2. The molecule has 3 heteroatoms. The average Bonchev–Trinajstić information content (AvgIpc) is 0.923. The molecule has 0 bridgehead atoms. The topological polar surface area (TPSA) is 26.3 Å². The van der Waals surface area contributed by atoms with Crippen LogP contribution in [0, 0.1) is 776 Å². The molecule has 2 nitrogen and oxygen atoms in total. The average molecular weight is 1800 g/mol. The number of carbonyl (C=O) groups excluding carboxylic acids is 1. The number of ether oxygens (including phenoxy) is 1. The Balaban J connectivity index is 0.0000113. The molecule has 1 aromatic rings. The van der Waals surface area contributed by atoms with E-state index >= 15 is 0 Å². The number of esters is 1.